The fourth-order valence-corrected chi connectivity index (χ4v) is 3.44. The minimum absolute atomic E-state index is 0.0156. The lowest BCUT2D eigenvalue weighted by Gasteiger charge is -2.33. The molecule has 0 N–H and O–H groups in total. The molecule has 0 atom stereocenters. The molecule has 0 aliphatic carbocycles. The number of benzene rings is 2. The van der Waals surface area contributed by atoms with Crippen LogP contribution in [0, 0.1) is 23.5 Å². The van der Waals surface area contributed by atoms with Gasteiger partial charge in [0.05, 0.1) is 11.1 Å². The van der Waals surface area contributed by atoms with Crippen molar-refractivity contribution in [2.75, 3.05) is 26.2 Å². The zero-order chi connectivity index (χ0) is 20.2. The first-order valence-corrected chi connectivity index (χ1v) is 9.41. The van der Waals surface area contributed by atoms with Crippen molar-refractivity contribution in [3.8, 4) is 11.8 Å². The Bertz CT molecular complexity index is 1110. The smallest absolute Gasteiger partial charge is 0.298 e. The molecule has 0 spiro atoms. The van der Waals surface area contributed by atoms with E-state index in [0.717, 1.165) is 48.2 Å². The molecular weight excluding hydrogens is 372 g/mol. The predicted molar refractivity (Wildman–Crippen MR) is 107 cm³/mol. The van der Waals surface area contributed by atoms with Crippen LogP contribution in [0.4, 0.5) is 8.78 Å². The number of carbonyl (C=O) groups is 1. The van der Waals surface area contributed by atoms with E-state index in [1.54, 1.807) is 11.1 Å². The predicted octanol–water partition coefficient (Wildman–Crippen LogP) is 3.21. The zero-order valence-electron chi connectivity index (χ0n) is 15.7. The quantitative estimate of drug-likeness (QED) is 0.630. The maximum Gasteiger partial charge on any atom is 0.298 e. The van der Waals surface area contributed by atoms with E-state index in [4.69, 9.17) is 0 Å². The van der Waals surface area contributed by atoms with Crippen LogP contribution in [0.15, 0.2) is 54.7 Å². The lowest BCUT2D eigenvalue weighted by molar-refractivity contribution is -0.126. The first-order chi connectivity index (χ1) is 14.1. The van der Waals surface area contributed by atoms with Crippen molar-refractivity contribution < 1.29 is 13.6 Å². The van der Waals surface area contributed by atoms with Gasteiger partial charge >= 0.3 is 0 Å². The van der Waals surface area contributed by atoms with Gasteiger partial charge in [0.25, 0.3) is 5.91 Å². The third-order valence-corrected chi connectivity index (χ3v) is 5.00. The Balaban J connectivity index is 1.37. The van der Waals surface area contributed by atoms with Crippen molar-refractivity contribution in [3.05, 3.63) is 77.5 Å². The number of pyridine rings is 1. The van der Waals surface area contributed by atoms with Crippen LogP contribution in [0.1, 0.15) is 11.1 Å². The van der Waals surface area contributed by atoms with Gasteiger partial charge in [-0.15, -0.1) is 0 Å². The van der Waals surface area contributed by atoms with E-state index in [2.05, 4.69) is 27.8 Å². The van der Waals surface area contributed by atoms with Crippen molar-refractivity contribution in [2.24, 2.45) is 0 Å². The van der Waals surface area contributed by atoms with Gasteiger partial charge in [-0.1, -0.05) is 30.2 Å². The van der Waals surface area contributed by atoms with Crippen LogP contribution >= 0.6 is 0 Å². The fraction of sp³-hybridized carbons (Fsp3) is 0.217. The normalized spacial score (nSPS) is 14.5. The van der Waals surface area contributed by atoms with Gasteiger partial charge in [-0.2, -0.15) is 0 Å². The number of aromatic nitrogens is 1. The molecule has 1 fully saturated rings. The van der Waals surface area contributed by atoms with Crippen molar-refractivity contribution in [3.63, 3.8) is 0 Å². The summed E-state index contributed by atoms with van der Waals surface area (Å²) >= 11 is 0. The monoisotopic (exact) mass is 391 g/mol. The number of hydrogen-bond acceptors (Lipinski definition) is 3. The van der Waals surface area contributed by atoms with Crippen LogP contribution in [0.25, 0.3) is 10.9 Å². The maximum atomic E-state index is 13.6. The minimum Gasteiger partial charge on any atom is -0.329 e. The van der Waals surface area contributed by atoms with Crippen molar-refractivity contribution in [1.82, 2.24) is 14.8 Å². The Hall–Kier alpha value is -3.30. The largest absolute Gasteiger partial charge is 0.329 e. The first-order valence-electron chi connectivity index (χ1n) is 9.41. The molecule has 6 heteroatoms. The van der Waals surface area contributed by atoms with Gasteiger partial charge in [0.2, 0.25) is 0 Å². The summed E-state index contributed by atoms with van der Waals surface area (Å²) in [5, 5.41) is 1.11. The summed E-state index contributed by atoms with van der Waals surface area (Å²) in [5.41, 5.74) is 2.18. The fourth-order valence-electron chi connectivity index (χ4n) is 3.44. The molecule has 2 aromatic carbocycles. The number of amides is 1. The topological polar surface area (TPSA) is 36.4 Å². The molecule has 3 aromatic rings. The van der Waals surface area contributed by atoms with Gasteiger partial charge in [0, 0.05) is 56.3 Å². The summed E-state index contributed by atoms with van der Waals surface area (Å²) in [5.74, 6) is 3.19. The summed E-state index contributed by atoms with van der Waals surface area (Å²) in [6, 6.07) is 13.2. The number of fused-ring (bicyclic) bond motifs is 1. The van der Waals surface area contributed by atoms with Gasteiger partial charge in [-0.25, -0.2) is 8.78 Å². The third kappa shape index (κ3) is 4.41. The van der Waals surface area contributed by atoms with Gasteiger partial charge < -0.3 is 4.90 Å². The summed E-state index contributed by atoms with van der Waals surface area (Å²) in [6.07, 6.45) is 1.80. The van der Waals surface area contributed by atoms with E-state index >= 15 is 0 Å². The standard InChI is InChI=1S/C23H19F2N3O/c24-20-8-6-17(21(25)15-20)7-9-22(29)28-13-11-27(12-14-28)16-19-4-1-3-18-5-2-10-26-23(18)19/h1-6,8,10,15H,11-14,16H2. The molecule has 0 unspecified atom stereocenters. The number of hydrogen-bond donors (Lipinski definition) is 0. The second-order valence-corrected chi connectivity index (χ2v) is 6.93. The van der Waals surface area contributed by atoms with E-state index in [1.807, 2.05) is 24.3 Å². The van der Waals surface area contributed by atoms with Crippen LogP contribution in [-0.2, 0) is 11.3 Å². The molecule has 1 aliphatic rings. The zero-order valence-corrected chi connectivity index (χ0v) is 15.7. The van der Waals surface area contributed by atoms with Crippen LogP contribution in [0.5, 0.6) is 0 Å². The highest BCUT2D eigenvalue weighted by Crippen LogP contribution is 2.18. The highest BCUT2D eigenvalue weighted by molar-refractivity contribution is 5.94. The highest BCUT2D eigenvalue weighted by Gasteiger charge is 2.20. The molecule has 1 amide bonds. The van der Waals surface area contributed by atoms with Crippen molar-refractivity contribution >= 4 is 16.8 Å². The Labute approximate surface area is 167 Å². The van der Waals surface area contributed by atoms with Crippen LogP contribution in [0.3, 0.4) is 0 Å². The Morgan fingerprint density at radius 2 is 1.83 bits per heavy atom. The molecule has 0 saturated carbocycles. The van der Waals surface area contributed by atoms with E-state index < -0.39 is 11.6 Å². The second kappa shape index (κ2) is 8.38. The summed E-state index contributed by atoms with van der Waals surface area (Å²) < 4.78 is 26.6. The SMILES string of the molecule is O=C(C#Cc1ccc(F)cc1F)N1CCN(Cc2cccc3cccnc23)CC1. The van der Waals surface area contributed by atoms with Gasteiger partial charge in [-0.05, 0) is 23.8 Å². The number of piperazine rings is 1. The molecule has 2 heterocycles. The van der Waals surface area contributed by atoms with Gasteiger partial charge in [0.1, 0.15) is 11.6 Å². The Morgan fingerprint density at radius 1 is 1.03 bits per heavy atom. The molecular formula is C23H19F2N3O. The van der Waals surface area contributed by atoms with Gasteiger partial charge in [-0.3, -0.25) is 14.7 Å². The lowest BCUT2D eigenvalue weighted by Crippen LogP contribution is -2.48. The second-order valence-electron chi connectivity index (χ2n) is 6.93. The molecule has 0 bridgehead atoms. The van der Waals surface area contributed by atoms with Crippen molar-refractivity contribution in [2.45, 2.75) is 6.54 Å². The van der Waals surface area contributed by atoms with Gasteiger partial charge in [0.15, 0.2) is 0 Å². The van der Waals surface area contributed by atoms with Crippen LogP contribution in [-0.4, -0.2) is 46.9 Å². The Kier molecular flexibility index (Phi) is 5.50. The average molecular weight is 391 g/mol. The van der Waals surface area contributed by atoms with E-state index in [1.165, 1.54) is 6.07 Å². The molecule has 1 aliphatic heterocycles. The number of halogens is 2. The molecule has 1 aromatic heterocycles. The van der Waals surface area contributed by atoms with E-state index in [-0.39, 0.29) is 11.5 Å². The molecule has 146 valence electrons. The summed E-state index contributed by atoms with van der Waals surface area (Å²) in [7, 11) is 0. The number of carbonyl (C=O) groups excluding carboxylic acids is 1. The number of rotatable bonds is 2. The molecule has 4 rings (SSSR count). The van der Waals surface area contributed by atoms with Crippen molar-refractivity contribution in [1.29, 1.82) is 0 Å². The molecule has 0 radical (unpaired) electrons. The first kappa shape index (κ1) is 19.0. The highest BCUT2D eigenvalue weighted by atomic mass is 19.1. The molecule has 1 saturated heterocycles. The average Bonchev–Trinajstić information content (AvgIpc) is 2.74. The van der Waals surface area contributed by atoms with E-state index in [0.29, 0.717) is 13.1 Å². The lowest BCUT2D eigenvalue weighted by atomic mass is 10.1. The Morgan fingerprint density at radius 3 is 2.62 bits per heavy atom. The molecule has 29 heavy (non-hydrogen) atoms. The van der Waals surface area contributed by atoms with Crippen LogP contribution in [0.2, 0.25) is 0 Å². The summed E-state index contributed by atoms with van der Waals surface area (Å²) in [6.45, 7) is 3.32. The minimum atomic E-state index is -0.765. The van der Waals surface area contributed by atoms with E-state index in [9.17, 15) is 13.6 Å². The number of nitrogens with zero attached hydrogens (tertiary/aromatic N) is 3. The third-order valence-electron chi connectivity index (χ3n) is 5.00. The summed E-state index contributed by atoms with van der Waals surface area (Å²) in [4.78, 5) is 20.7. The van der Waals surface area contributed by atoms with Crippen LogP contribution < -0.4 is 0 Å². The molecule has 4 nitrogen and oxygen atoms in total. The number of para-hydroxylation sites is 1. The maximum absolute atomic E-state index is 13.6.